The number of anilines is 4. The Balaban J connectivity index is 1.34. The number of fused-ring (bicyclic) bond motifs is 1. The monoisotopic (exact) mass is 523 g/mol. The van der Waals surface area contributed by atoms with Gasteiger partial charge < -0.3 is 20.1 Å². The van der Waals surface area contributed by atoms with E-state index in [2.05, 4.69) is 43.7 Å². The van der Waals surface area contributed by atoms with Crippen molar-refractivity contribution in [2.24, 2.45) is 0 Å². The molecule has 6 nitrogen and oxygen atoms in total. The summed E-state index contributed by atoms with van der Waals surface area (Å²) in [5.74, 6) is 0.952. The molecule has 1 aliphatic carbocycles. The highest BCUT2D eigenvalue weighted by Crippen LogP contribution is 2.39. The van der Waals surface area contributed by atoms with Crippen molar-refractivity contribution in [1.82, 2.24) is 14.9 Å². The first kappa shape index (κ1) is 25.3. The van der Waals surface area contributed by atoms with Crippen LogP contribution in [0.5, 0.6) is 0 Å². The van der Waals surface area contributed by atoms with Crippen molar-refractivity contribution < 1.29 is 4.57 Å². The fourth-order valence-electron chi connectivity index (χ4n) is 5.43. The lowest BCUT2D eigenvalue weighted by Gasteiger charge is -2.25. The first-order valence-electron chi connectivity index (χ1n) is 12.8. The molecule has 0 saturated carbocycles. The van der Waals surface area contributed by atoms with Gasteiger partial charge in [0, 0.05) is 17.0 Å². The molecule has 190 valence electrons. The summed E-state index contributed by atoms with van der Waals surface area (Å²) in [5, 5.41) is 7.85. The van der Waals surface area contributed by atoms with E-state index in [9.17, 15) is 4.57 Å². The lowest BCUT2D eigenvalue weighted by molar-refractivity contribution is 0.222. The molecule has 2 aliphatic rings. The Morgan fingerprint density at radius 3 is 2.50 bits per heavy atom. The fraction of sp³-hybridized carbons (Fsp3) is 0.429. The number of aryl methyl sites for hydroxylation is 3. The molecule has 1 saturated heterocycles. The molecule has 36 heavy (non-hydrogen) atoms. The predicted molar refractivity (Wildman–Crippen MR) is 152 cm³/mol. The van der Waals surface area contributed by atoms with Crippen LogP contribution in [0.15, 0.2) is 42.6 Å². The van der Waals surface area contributed by atoms with Gasteiger partial charge in [-0.15, -0.1) is 0 Å². The van der Waals surface area contributed by atoms with Crippen LogP contribution in [-0.2, 0) is 17.4 Å². The lowest BCUT2D eigenvalue weighted by atomic mass is 10.0. The molecule has 1 aliphatic heterocycles. The Kier molecular flexibility index (Phi) is 7.39. The molecule has 2 heterocycles. The highest BCUT2D eigenvalue weighted by molar-refractivity contribution is 7.70. The van der Waals surface area contributed by atoms with Crippen LogP contribution in [0.4, 0.5) is 23.1 Å². The average Bonchev–Trinajstić information content (AvgIpc) is 3.28. The summed E-state index contributed by atoms with van der Waals surface area (Å²) >= 11 is 6.45. The van der Waals surface area contributed by atoms with Crippen LogP contribution in [-0.4, -0.2) is 47.3 Å². The molecule has 0 bridgehead atoms. The van der Waals surface area contributed by atoms with Crippen LogP contribution < -0.4 is 15.9 Å². The number of aromatic nitrogens is 2. The Labute approximate surface area is 219 Å². The second-order valence-corrected chi connectivity index (χ2v) is 14.1. The van der Waals surface area contributed by atoms with Crippen molar-refractivity contribution in [2.45, 2.75) is 51.5 Å². The van der Waals surface area contributed by atoms with Gasteiger partial charge in [-0.3, -0.25) is 0 Å². The second kappa shape index (κ2) is 10.5. The molecular formula is C28H35ClN5OP. The van der Waals surface area contributed by atoms with Gasteiger partial charge in [0.2, 0.25) is 5.95 Å². The summed E-state index contributed by atoms with van der Waals surface area (Å²) in [7, 11) is -2.49. The summed E-state index contributed by atoms with van der Waals surface area (Å²) in [5.41, 5.74) is 5.67. The molecule has 0 unspecified atom stereocenters. The van der Waals surface area contributed by atoms with Crippen LogP contribution in [0, 0.1) is 6.92 Å². The Bertz CT molecular complexity index is 1300. The first-order chi connectivity index (χ1) is 17.3. The van der Waals surface area contributed by atoms with Crippen molar-refractivity contribution in [3.8, 4) is 0 Å². The number of nitrogens with one attached hydrogen (secondary N) is 2. The van der Waals surface area contributed by atoms with Crippen molar-refractivity contribution >= 4 is 47.2 Å². The van der Waals surface area contributed by atoms with Gasteiger partial charge in [-0.25, -0.2) is 4.98 Å². The molecule has 0 radical (unpaired) electrons. The number of halogens is 1. The second-order valence-electron chi connectivity index (χ2n) is 10.5. The number of nitrogens with zero attached hydrogens (tertiary/aromatic N) is 3. The molecule has 3 aromatic rings. The number of likely N-dealkylation sites (tertiary alicyclic amines) is 1. The first-order valence-corrected chi connectivity index (χ1v) is 15.8. The van der Waals surface area contributed by atoms with Crippen LogP contribution in [0.3, 0.4) is 0 Å². The van der Waals surface area contributed by atoms with E-state index in [4.69, 9.17) is 11.6 Å². The zero-order valence-corrected chi connectivity index (χ0v) is 23.0. The molecule has 0 amide bonds. The van der Waals surface area contributed by atoms with Gasteiger partial charge in [-0.2, -0.15) is 4.98 Å². The Morgan fingerprint density at radius 2 is 1.75 bits per heavy atom. The van der Waals surface area contributed by atoms with Crippen LogP contribution in [0.2, 0.25) is 5.02 Å². The molecule has 2 N–H and O–H groups in total. The lowest BCUT2D eigenvalue weighted by Crippen LogP contribution is -2.32. The number of benzene rings is 2. The Morgan fingerprint density at radius 1 is 1.00 bits per heavy atom. The molecule has 2 aromatic carbocycles. The third-order valence-corrected chi connectivity index (χ3v) is 9.17. The van der Waals surface area contributed by atoms with Gasteiger partial charge in [0.15, 0.2) is 5.82 Å². The van der Waals surface area contributed by atoms with E-state index in [1.54, 1.807) is 19.5 Å². The number of hydrogen-bond donors (Lipinski definition) is 2. The smallest absolute Gasteiger partial charge is 0.229 e. The van der Waals surface area contributed by atoms with E-state index in [0.717, 1.165) is 35.1 Å². The van der Waals surface area contributed by atoms with E-state index in [0.29, 0.717) is 22.8 Å². The van der Waals surface area contributed by atoms with Gasteiger partial charge in [0.05, 0.1) is 11.9 Å². The maximum absolute atomic E-state index is 12.8. The van der Waals surface area contributed by atoms with Crippen LogP contribution in [0.25, 0.3) is 0 Å². The molecule has 1 atom stereocenters. The van der Waals surface area contributed by atoms with E-state index in [-0.39, 0.29) is 0 Å². The zero-order chi connectivity index (χ0) is 25.3. The minimum atomic E-state index is -2.49. The van der Waals surface area contributed by atoms with E-state index in [1.807, 2.05) is 25.1 Å². The summed E-state index contributed by atoms with van der Waals surface area (Å²) in [6, 6.07) is 13.2. The fourth-order valence-corrected chi connectivity index (χ4v) is 6.70. The van der Waals surface area contributed by atoms with E-state index < -0.39 is 7.14 Å². The maximum atomic E-state index is 12.8. The molecule has 0 spiro atoms. The maximum Gasteiger partial charge on any atom is 0.229 e. The molecule has 5 rings (SSSR count). The summed E-state index contributed by atoms with van der Waals surface area (Å²) in [6.07, 6.45) is 8.99. The van der Waals surface area contributed by atoms with Crippen LogP contribution >= 0.6 is 18.7 Å². The summed E-state index contributed by atoms with van der Waals surface area (Å²) in [4.78, 5) is 11.7. The normalized spacial score (nSPS) is 18.5. The SMILES string of the molecule is Cc1ccc(P(C)(C)=O)c(Nc2nc(Nc3ccc4c(c3)CC[C@@H](N3CCCC3)CC4)ncc2Cl)c1. The molecule has 1 fully saturated rings. The van der Waals surface area contributed by atoms with Gasteiger partial charge in [0.1, 0.15) is 12.2 Å². The zero-order valence-electron chi connectivity index (χ0n) is 21.4. The molecule has 8 heteroatoms. The third-order valence-electron chi connectivity index (χ3n) is 7.34. The van der Waals surface area contributed by atoms with Crippen molar-refractivity contribution in [2.75, 3.05) is 37.1 Å². The van der Waals surface area contributed by atoms with Gasteiger partial charge in [-0.1, -0.05) is 23.7 Å². The highest BCUT2D eigenvalue weighted by atomic mass is 35.5. The number of rotatable bonds is 6. The van der Waals surface area contributed by atoms with Gasteiger partial charge in [-0.05, 0) is 113 Å². The number of hydrogen-bond acceptors (Lipinski definition) is 6. The minimum Gasteiger partial charge on any atom is -0.338 e. The van der Waals surface area contributed by atoms with E-state index >= 15 is 0 Å². The minimum absolute atomic E-state index is 0.407. The predicted octanol–water partition coefficient (Wildman–Crippen LogP) is 6.52. The molecular weight excluding hydrogens is 489 g/mol. The standard InChI is InChI=1S/C28H35ClN5OP/c1-19-6-13-26(36(2,3)35)25(16-19)32-27-24(29)18-30-28(33-27)31-22-10-7-20-8-11-23(12-9-21(20)17-22)34-14-4-5-15-34/h6-7,10,13,16-18,23H,4-5,8-9,11-12,14-15H2,1-3H3,(H2,30,31,32,33)/t23-/m0/s1. The largest absolute Gasteiger partial charge is 0.338 e. The molecule has 1 aromatic heterocycles. The van der Waals surface area contributed by atoms with Gasteiger partial charge in [0.25, 0.3) is 0 Å². The topological polar surface area (TPSA) is 70.2 Å². The van der Waals surface area contributed by atoms with E-state index in [1.165, 1.54) is 49.9 Å². The quantitative estimate of drug-likeness (QED) is 0.283. The summed E-state index contributed by atoms with van der Waals surface area (Å²) in [6.45, 7) is 8.06. The van der Waals surface area contributed by atoms with Gasteiger partial charge >= 0.3 is 0 Å². The Hall–Kier alpha value is -2.40. The van der Waals surface area contributed by atoms with Crippen molar-refractivity contribution in [3.63, 3.8) is 0 Å². The van der Waals surface area contributed by atoms with Crippen LogP contribution in [0.1, 0.15) is 42.4 Å². The summed E-state index contributed by atoms with van der Waals surface area (Å²) < 4.78 is 12.8. The average molecular weight is 524 g/mol. The van der Waals surface area contributed by atoms with Crippen molar-refractivity contribution in [3.05, 3.63) is 64.3 Å². The third kappa shape index (κ3) is 5.77. The highest BCUT2D eigenvalue weighted by Gasteiger charge is 2.24. The van der Waals surface area contributed by atoms with Crippen molar-refractivity contribution in [1.29, 1.82) is 0 Å².